The normalized spacial score (nSPS) is 17.5. The van der Waals surface area contributed by atoms with Gasteiger partial charge in [-0.25, -0.2) is 0 Å². The number of hydrogen-bond acceptors (Lipinski definition) is 4. The molecule has 0 N–H and O–H groups in total. The summed E-state index contributed by atoms with van der Waals surface area (Å²) in [7, 11) is 3.28. The highest BCUT2D eigenvalue weighted by atomic mass is 16.5. The van der Waals surface area contributed by atoms with Gasteiger partial charge in [0.05, 0.1) is 13.7 Å². The van der Waals surface area contributed by atoms with Gasteiger partial charge in [0.1, 0.15) is 0 Å². The second-order valence-electron chi connectivity index (χ2n) is 6.19. The molecule has 1 aliphatic rings. The van der Waals surface area contributed by atoms with Gasteiger partial charge in [-0.3, -0.25) is 4.79 Å². The Hall–Kier alpha value is -1.55. The van der Waals surface area contributed by atoms with Gasteiger partial charge in [-0.1, -0.05) is 13.8 Å². The summed E-state index contributed by atoms with van der Waals surface area (Å²) in [5, 5.41) is 0. The summed E-state index contributed by atoms with van der Waals surface area (Å²) in [4.78, 5) is 12.4. The zero-order valence-electron chi connectivity index (χ0n) is 14.0. The van der Waals surface area contributed by atoms with Gasteiger partial charge in [-0.15, -0.1) is 0 Å². The molecule has 1 aromatic rings. The Labute approximate surface area is 132 Å². The lowest BCUT2D eigenvalue weighted by molar-refractivity contribution is 0.0932. The maximum Gasteiger partial charge on any atom is 0.163 e. The van der Waals surface area contributed by atoms with Gasteiger partial charge in [0.2, 0.25) is 0 Å². The summed E-state index contributed by atoms with van der Waals surface area (Å²) in [5.41, 5.74) is 1.87. The van der Waals surface area contributed by atoms with Crippen LogP contribution in [-0.4, -0.2) is 33.2 Å². The molecule has 0 saturated heterocycles. The average molecular weight is 306 g/mol. The predicted octanol–water partition coefficient (Wildman–Crippen LogP) is 3.51. The van der Waals surface area contributed by atoms with E-state index in [9.17, 15) is 4.79 Å². The Balaban J connectivity index is 2.21. The molecule has 0 fully saturated rings. The smallest absolute Gasteiger partial charge is 0.163 e. The zero-order valence-corrected chi connectivity index (χ0v) is 14.0. The molecule has 0 aromatic heterocycles. The number of Topliss-reactive ketones (excluding diaryl/α,β-unsaturated/α-hetero) is 1. The summed E-state index contributed by atoms with van der Waals surface area (Å²) >= 11 is 0. The summed E-state index contributed by atoms with van der Waals surface area (Å²) in [6.07, 6.45) is 2.38. The van der Waals surface area contributed by atoms with Crippen LogP contribution in [0.5, 0.6) is 11.5 Å². The van der Waals surface area contributed by atoms with Crippen molar-refractivity contribution in [1.82, 2.24) is 0 Å². The lowest BCUT2D eigenvalue weighted by atomic mass is 9.77. The fourth-order valence-corrected chi connectivity index (χ4v) is 2.86. The van der Waals surface area contributed by atoms with Crippen LogP contribution in [0.15, 0.2) is 12.1 Å². The molecule has 122 valence electrons. The standard InChI is InChI=1S/C18H26O4/c1-12(2)13-8-14-10-18(22-7-5-6-20-3)17(21-4)11-15(14)16(19)9-13/h10-13H,5-9H2,1-4H3. The van der Waals surface area contributed by atoms with E-state index in [2.05, 4.69) is 13.8 Å². The number of ketones is 1. The number of methoxy groups -OCH3 is 2. The van der Waals surface area contributed by atoms with E-state index in [1.54, 1.807) is 14.2 Å². The molecule has 2 rings (SSSR count). The second-order valence-corrected chi connectivity index (χ2v) is 6.19. The number of benzene rings is 1. The molecular weight excluding hydrogens is 280 g/mol. The van der Waals surface area contributed by atoms with Crippen LogP contribution in [0.3, 0.4) is 0 Å². The highest BCUT2D eigenvalue weighted by molar-refractivity contribution is 5.99. The highest BCUT2D eigenvalue weighted by Gasteiger charge is 2.28. The van der Waals surface area contributed by atoms with Gasteiger partial charge in [-0.2, -0.15) is 0 Å². The molecule has 0 spiro atoms. The van der Waals surface area contributed by atoms with E-state index in [-0.39, 0.29) is 5.78 Å². The van der Waals surface area contributed by atoms with Gasteiger partial charge >= 0.3 is 0 Å². The zero-order chi connectivity index (χ0) is 16.1. The molecule has 1 atom stereocenters. The summed E-state index contributed by atoms with van der Waals surface area (Å²) in [5.74, 6) is 2.48. The molecule has 1 unspecified atom stereocenters. The van der Waals surface area contributed by atoms with E-state index in [4.69, 9.17) is 14.2 Å². The van der Waals surface area contributed by atoms with Crippen molar-refractivity contribution >= 4 is 5.78 Å². The third kappa shape index (κ3) is 3.80. The lowest BCUT2D eigenvalue weighted by Gasteiger charge is -2.27. The first-order chi connectivity index (χ1) is 10.6. The van der Waals surface area contributed by atoms with E-state index in [0.717, 1.165) is 29.7 Å². The number of carbonyl (C=O) groups excluding carboxylic acids is 1. The van der Waals surface area contributed by atoms with Crippen molar-refractivity contribution in [2.75, 3.05) is 27.4 Å². The van der Waals surface area contributed by atoms with E-state index in [1.165, 1.54) is 0 Å². The van der Waals surface area contributed by atoms with Gasteiger partial charge in [-0.05, 0) is 36.0 Å². The van der Waals surface area contributed by atoms with Gasteiger partial charge in [0, 0.05) is 32.1 Å². The Morgan fingerprint density at radius 2 is 1.91 bits per heavy atom. The number of rotatable bonds is 7. The fraction of sp³-hybridized carbons (Fsp3) is 0.611. The van der Waals surface area contributed by atoms with Crippen LogP contribution in [0, 0.1) is 11.8 Å². The second kappa shape index (κ2) is 7.63. The first-order valence-electron chi connectivity index (χ1n) is 7.92. The number of ether oxygens (including phenoxy) is 3. The first kappa shape index (κ1) is 16.8. The number of carbonyl (C=O) groups is 1. The molecule has 0 saturated carbocycles. The van der Waals surface area contributed by atoms with Crippen LogP contribution in [0.1, 0.15) is 42.6 Å². The molecule has 0 heterocycles. The van der Waals surface area contributed by atoms with E-state index < -0.39 is 0 Å². The molecule has 4 nitrogen and oxygen atoms in total. The van der Waals surface area contributed by atoms with Crippen LogP contribution >= 0.6 is 0 Å². The maximum atomic E-state index is 12.4. The van der Waals surface area contributed by atoms with Gasteiger partial charge in [0.25, 0.3) is 0 Å². The Bertz CT molecular complexity index is 522. The number of hydrogen-bond donors (Lipinski definition) is 0. The molecule has 22 heavy (non-hydrogen) atoms. The van der Waals surface area contributed by atoms with Crippen molar-refractivity contribution in [3.8, 4) is 11.5 Å². The minimum atomic E-state index is 0.212. The van der Waals surface area contributed by atoms with Crippen LogP contribution < -0.4 is 9.47 Å². The fourth-order valence-electron chi connectivity index (χ4n) is 2.86. The molecule has 4 heteroatoms. The molecule has 0 aliphatic heterocycles. The minimum absolute atomic E-state index is 0.212. The first-order valence-corrected chi connectivity index (χ1v) is 7.92. The molecule has 0 radical (unpaired) electrons. The molecule has 0 bridgehead atoms. The monoisotopic (exact) mass is 306 g/mol. The SMILES string of the molecule is COCCCOc1cc2c(cc1OC)C(=O)CC(C(C)C)C2. The van der Waals surface area contributed by atoms with Crippen LogP contribution in [0.2, 0.25) is 0 Å². The van der Waals surface area contributed by atoms with Crippen LogP contribution in [0.4, 0.5) is 0 Å². The van der Waals surface area contributed by atoms with Gasteiger partial charge < -0.3 is 14.2 Å². The van der Waals surface area contributed by atoms with Crippen LogP contribution in [-0.2, 0) is 11.2 Å². The average Bonchev–Trinajstić information content (AvgIpc) is 2.50. The Morgan fingerprint density at radius 1 is 1.14 bits per heavy atom. The molecular formula is C18H26O4. The molecule has 1 aromatic carbocycles. The molecule has 1 aliphatic carbocycles. The Kier molecular flexibility index (Phi) is 5.83. The molecule has 0 amide bonds. The highest BCUT2D eigenvalue weighted by Crippen LogP contribution is 2.37. The van der Waals surface area contributed by atoms with Crippen molar-refractivity contribution in [3.05, 3.63) is 23.3 Å². The lowest BCUT2D eigenvalue weighted by Crippen LogP contribution is -2.24. The third-order valence-corrected chi connectivity index (χ3v) is 4.31. The predicted molar refractivity (Wildman–Crippen MR) is 86.0 cm³/mol. The van der Waals surface area contributed by atoms with Crippen molar-refractivity contribution in [1.29, 1.82) is 0 Å². The summed E-state index contributed by atoms with van der Waals surface area (Å²) in [6, 6.07) is 3.81. The van der Waals surface area contributed by atoms with Crippen molar-refractivity contribution in [3.63, 3.8) is 0 Å². The third-order valence-electron chi connectivity index (χ3n) is 4.31. The van der Waals surface area contributed by atoms with Crippen molar-refractivity contribution < 1.29 is 19.0 Å². The Morgan fingerprint density at radius 3 is 2.55 bits per heavy atom. The van der Waals surface area contributed by atoms with Crippen LogP contribution in [0.25, 0.3) is 0 Å². The number of fused-ring (bicyclic) bond motifs is 1. The maximum absolute atomic E-state index is 12.4. The van der Waals surface area contributed by atoms with Gasteiger partial charge in [0.15, 0.2) is 17.3 Å². The van der Waals surface area contributed by atoms with Crippen molar-refractivity contribution in [2.24, 2.45) is 11.8 Å². The summed E-state index contributed by atoms with van der Waals surface area (Å²) < 4.78 is 16.2. The van der Waals surface area contributed by atoms with Crippen molar-refractivity contribution in [2.45, 2.75) is 33.1 Å². The van der Waals surface area contributed by atoms with E-state index in [0.29, 0.717) is 37.2 Å². The van der Waals surface area contributed by atoms with E-state index in [1.807, 2.05) is 12.1 Å². The topological polar surface area (TPSA) is 44.8 Å². The largest absolute Gasteiger partial charge is 0.493 e. The minimum Gasteiger partial charge on any atom is -0.493 e. The quantitative estimate of drug-likeness (QED) is 0.723. The van der Waals surface area contributed by atoms with E-state index >= 15 is 0 Å². The summed E-state index contributed by atoms with van der Waals surface area (Å²) in [6.45, 7) is 5.59.